The van der Waals surface area contributed by atoms with E-state index in [4.69, 9.17) is 10.5 Å². The van der Waals surface area contributed by atoms with Gasteiger partial charge >= 0.3 is 0 Å². The van der Waals surface area contributed by atoms with E-state index in [1.165, 1.54) is 77.0 Å². The van der Waals surface area contributed by atoms with Crippen LogP contribution < -0.4 is 15.8 Å². The normalized spacial score (nSPS) is 10.8. The van der Waals surface area contributed by atoms with Crippen LogP contribution >= 0.6 is 0 Å². The van der Waals surface area contributed by atoms with Crippen LogP contribution in [0.15, 0.2) is 6.07 Å². The fourth-order valence-electron chi connectivity index (χ4n) is 3.11. The molecule has 5 heteroatoms. The average Bonchev–Trinajstić information content (AvgIpc) is 2.62. The molecular weight excluding hydrogens is 324 g/mol. The summed E-state index contributed by atoms with van der Waals surface area (Å²) in [6, 6.07) is 1.81. The largest absolute Gasteiger partial charge is 0.478 e. The van der Waals surface area contributed by atoms with Crippen molar-refractivity contribution in [3.05, 3.63) is 6.07 Å². The summed E-state index contributed by atoms with van der Waals surface area (Å²) in [5.41, 5.74) is 5.70. The van der Waals surface area contributed by atoms with Gasteiger partial charge < -0.3 is 15.8 Å². The third-order valence-corrected chi connectivity index (χ3v) is 4.60. The first-order chi connectivity index (χ1) is 12.8. The van der Waals surface area contributed by atoms with E-state index in [0.29, 0.717) is 12.5 Å². The van der Waals surface area contributed by atoms with Crippen LogP contribution in [0.2, 0.25) is 0 Å². The summed E-state index contributed by atoms with van der Waals surface area (Å²) in [4.78, 5) is 8.24. The quantitative estimate of drug-likeness (QED) is 0.334. The van der Waals surface area contributed by atoms with Gasteiger partial charge in [-0.2, -0.15) is 9.97 Å². The van der Waals surface area contributed by atoms with E-state index in [2.05, 4.69) is 22.2 Å². The molecule has 0 aromatic carbocycles. The zero-order valence-corrected chi connectivity index (χ0v) is 17.1. The number of nitrogens with one attached hydrogen (secondary N) is 1. The molecule has 0 unspecified atom stereocenters. The van der Waals surface area contributed by atoms with Crippen molar-refractivity contribution in [1.82, 2.24) is 9.97 Å². The van der Waals surface area contributed by atoms with Crippen molar-refractivity contribution in [3.8, 4) is 5.88 Å². The minimum Gasteiger partial charge on any atom is -0.478 e. The van der Waals surface area contributed by atoms with Gasteiger partial charge in [0.1, 0.15) is 5.82 Å². The Kier molecular flexibility index (Phi) is 13.6. The van der Waals surface area contributed by atoms with Crippen LogP contribution in [-0.4, -0.2) is 23.1 Å². The molecule has 1 heterocycles. The third kappa shape index (κ3) is 11.9. The molecule has 0 bridgehead atoms. The Balaban J connectivity index is 1.92. The van der Waals surface area contributed by atoms with Crippen molar-refractivity contribution in [2.24, 2.45) is 0 Å². The van der Waals surface area contributed by atoms with Crippen LogP contribution in [0.3, 0.4) is 0 Å². The van der Waals surface area contributed by atoms with E-state index < -0.39 is 0 Å². The molecule has 1 aromatic heterocycles. The molecule has 1 aromatic rings. The number of hydrogen-bond acceptors (Lipinski definition) is 5. The average molecular weight is 365 g/mol. The molecule has 150 valence electrons. The van der Waals surface area contributed by atoms with E-state index in [0.717, 1.165) is 18.8 Å². The fourth-order valence-corrected chi connectivity index (χ4v) is 3.11. The van der Waals surface area contributed by atoms with Gasteiger partial charge in [-0.1, -0.05) is 84.0 Å². The van der Waals surface area contributed by atoms with Gasteiger partial charge in [0.2, 0.25) is 11.8 Å². The minimum absolute atomic E-state index is 0.254. The number of nitrogen functional groups attached to an aromatic ring is 1. The maximum absolute atomic E-state index is 5.70. The molecular formula is C21H40N4O. The van der Waals surface area contributed by atoms with Crippen LogP contribution in [0, 0.1) is 0 Å². The first kappa shape index (κ1) is 22.5. The van der Waals surface area contributed by atoms with Gasteiger partial charge in [0, 0.05) is 12.6 Å². The molecule has 0 radical (unpaired) electrons. The van der Waals surface area contributed by atoms with Crippen LogP contribution in [0.5, 0.6) is 5.88 Å². The van der Waals surface area contributed by atoms with E-state index in [9.17, 15) is 0 Å². The van der Waals surface area contributed by atoms with E-state index in [-0.39, 0.29) is 5.95 Å². The molecule has 0 aliphatic rings. The van der Waals surface area contributed by atoms with Crippen molar-refractivity contribution in [3.63, 3.8) is 0 Å². The smallest absolute Gasteiger partial charge is 0.225 e. The van der Waals surface area contributed by atoms with Gasteiger partial charge in [0.25, 0.3) is 0 Å². The Hall–Kier alpha value is -1.52. The van der Waals surface area contributed by atoms with Crippen molar-refractivity contribution in [1.29, 1.82) is 0 Å². The van der Waals surface area contributed by atoms with Gasteiger partial charge in [0.05, 0.1) is 6.61 Å². The third-order valence-electron chi connectivity index (χ3n) is 4.60. The Morgan fingerprint density at radius 2 is 1.35 bits per heavy atom. The molecule has 0 saturated heterocycles. The molecule has 0 saturated carbocycles. The first-order valence-electron chi connectivity index (χ1n) is 10.8. The number of hydrogen-bond donors (Lipinski definition) is 2. The maximum atomic E-state index is 5.70. The highest BCUT2D eigenvalue weighted by Gasteiger charge is 2.02. The summed E-state index contributed by atoms with van der Waals surface area (Å²) in [7, 11) is 0. The van der Waals surface area contributed by atoms with Crippen molar-refractivity contribution in [2.75, 3.05) is 24.2 Å². The fraction of sp³-hybridized carbons (Fsp3) is 0.810. The standard InChI is InChI=1S/C21H40N4O/c1-3-5-6-7-8-9-10-11-12-13-14-15-16-17-23-19-18-20(26-4-2)25-21(22)24-19/h18H,3-17H2,1-2H3,(H3,22,23,24,25). The molecule has 0 spiro atoms. The summed E-state index contributed by atoms with van der Waals surface area (Å²) in [5.74, 6) is 1.54. The lowest BCUT2D eigenvalue weighted by Crippen LogP contribution is -2.07. The van der Waals surface area contributed by atoms with Crippen LogP contribution in [0.25, 0.3) is 0 Å². The highest BCUT2D eigenvalue weighted by atomic mass is 16.5. The molecule has 0 aliphatic carbocycles. The Morgan fingerprint density at radius 1 is 0.808 bits per heavy atom. The summed E-state index contributed by atoms with van der Waals surface area (Å²) >= 11 is 0. The molecule has 0 amide bonds. The van der Waals surface area contributed by atoms with E-state index >= 15 is 0 Å². The number of nitrogens with zero attached hydrogens (tertiary/aromatic N) is 2. The monoisotopic (exact) mass is 364 g/mol. The molecule has 3 N–H and O–H groups in total. The van der Waals surface area contributed by atoms with E-state index in [1.54, 1.807) is 0 Å². The zero-order valence-electron chi connectivity index (χ0n) is 17.1. The highest BCUT2D eigenvalue weighted by Crippen LogP contribution is 2.15. The number of aromatic nitrogens is 2. The first-order valence-corrected chi connectivity index (χ1v) is 10.8. The zero-order chi connectivity index (χ0) is 18.9. The second-order valence-corrected chi connectivity index (χ2v) is 7.05. The van der Waals surface area contributed by atoms with Gasteiger partial charge in [-0.3, -0.25) is 0 Å². The summed E-state index contributed by atoms with van der Waals surface area (Å²) < 4.78 is 5.38. The predicted molar refractivity (Wildman–Crippen MR) is 112 cm³/mol. The Morgan fingerprint density at radius 3 is 1.88 bits per heavy atom. The lowest BCUT2D eigenvalue weighted by molar-refractivity contribution is 0.327. The second-order valence-electron chi connectivity index (χ2n) is 7.05. The van der Waals surface area contributed by atoms with Crippen molar-refractivity contribution in [2.45, 2.75) is 97.3 Å². The molecule has 0 atom stereocenters. The number of rotatable bonds is 17. The number of ether oxygens (including phenoxy) is 1. The van der Waals surface area contributed by atoms with Gasteiger partial charge in [-0.05, 0) is 13.3 Å². The van der Waals surface area contributed by atoms with Gasteiger partial charge in [0.15, 0.2) is 0 Å². The Bertz CT molecular complexity index is 454. The molecule has 0 aliphatic heterocycles. The van der Waals surface area contributed by atoms with Gasteiger partial charge in [-0.25, -0.2) is 0 Å². The number of nitrogens with two attached hydrogens (primary N) is 1. The number of unbranched alkanes of at least 4 members (excludes halogenated alkanes) is 12. The predicted octanol–water partition coefficient (Wildman–Crippen LogP) is 5.96. The minimum atomic E-state index is 0.254. The number of anilines is 2. The summed E-state index contributed by atoms with van der Waals surface area (Å²) in [6.07, 6.45) is 17.8. The molecule has 26 heavy (non-hydrogen) atoms. The molecule has 1 rings (SSSR count). The highest BCUT2D eigenvalue weighted by molar-refractivity contribution is 5.42. The van der Waals surface area contributed by atoms with Crippen LogP contribution in [0.1, 0.15) is 97.3 Å². The van der Waals surface area contributed by atoms with Crippen LogP contribution in [-0.2, 0) is 0 Å². The lowest BCUT2D eigenvalue weighted by Gasteiger charge is -2.08. The maximum Gasteiger partial charge on any atom is 0.225 e. The van der Waals surface area contributed by atoms with Crippen molar-refractivity contribution >= 4 is 11.8 Å². The molecule has 0 fully saturated rings. The topological polar surface area (TPSA) is 73.1 Å². The molecule has 5 nitrogen and oxygen atoms in total. The van der Waals surface area contributed by atoms with E-state index in [1.807, 2.05) is 13.0 Å². The van der Waals surface area contributed by atoms with Crippen LogP contribution in [0.4, 0.5) is 11.8 Å². The summed E-state index contributed by atoms with van der Waals surface area (Å²) in [6.45, 7) is 5.70. The second kappa shape index (κ2) is 15.7. The summed E-state index contributed by atoms with van der Waals surface area (Å²) in [5, 5.41) is 3.31. The van der Waals surface area contributed by atoms with Crippen molar-refractivity contribution < 1.29 is 4.74 Å². The SMILES string of the molecule is CCCCCCCCCCCCCCCNc1cc(OCC)nc(N)n1. The lowest BCUT2D eigenvalue weighted by atomic mass is 10.0. The van der Waals surface area contributed by atoms with Gasteiger partial charge in [-0.15, -0.1) is 0 Å². The Labute approximate surface area is 160 Å².